The van der Waals surface area contributed by atoms with E-state index in [-0.39, 0.29) is 17.9 Å². The van der Waals surface area contributed by atoms with Crippen LogP contribution in [-0.4, -0.2) is 42.3 Å². The van der Waals surface area contributed by atoms with Gasteiger partial charge in [0, 0.05) is 19.1 Å². The van der Waals surface area contributed by atoms with Crippen molar-refractivity contribution in [2.75, 3.05) is 26.3 Å². The lowest BCUT2D eigenvalue weighted by molar-refractivity contribution is -0.142. The van der Waals surface area contributed by atoms with Gasteiger partial charge in [0.25, 0.3) is 0 Å². The maximum atomic E-state index is 11.2. The molecule has 3 atom stereocenters. The number of carbonyl (C=O) groups is 1. The third kappa shape index (κ3) is 2.70. The van der Waals surface area contributed by atoms with E-state index in [0.717, 1.165) is 23.6 Å². The number of ether oxygens (including phenoxy) is 2. The molecule has 1 saturated heterocycles. The molecule has 0 amide bonds. The van der Waals surface area contributed by atoms with E-state index in [1.807, 2.05) is 25.1 Å². The van der Waals surface area contributed by atoms with Gasteiger partial charge >= 0.3 is 5.97 Å². The molecular formula is C16H21NO4. The predicted molar refractivity (Wildman–Crippen MR) is 77.7 cm³/mol. The molecular weight excluding hydrogens is 270 g/mol. The minimum atomic E-state index is -0.695. The monoisotopic (exact) mass is 291 g/mol. The molecule has 0 spiro atoms. The molecule has 1 fully saturated rings. The Kier molecular flexibility index (Phi) is 3.76. The first-order chi connectivity index (χ1) is 10.1. The lowest BCUT2D eigenvalue weighted by Gasteiger charge is -2.26. The molecule has 21 heavy (non-hydrogen) atoms. The maximum absolute atomic E-state index is 11.2. The van der Waals surface area contributed by atoms with Gasteiger partial charge < -0.3 is 14.6 Å². The lowest BCUT2D eigenvalue weighted by Crippen LogP contribution is -2.26. The van der Waals surface area contributed by atoms with Crippen molar-refractivity contribution in [3.8, 4) is 11.5 Å². The van der Waals surface area contributed by atoms with Crippen molar-refractivity contribution in [1.29, 1.82) is 0 Å². The van der Waals surface area contributed by atoms with Crippen LogP contribution >= 0.6 is 0 Å². The second-order valence-electron chi connectivity index (χ2n) is 5.95. The lowest BCUT2D eigenvalue weighted by atomic mass is 9.99. The van der Waals surface area contributed by atoms with Gasteiger partial charge in [0.2, 0.25) is 0 Å². The van der Waals surface area contributed by atoms with Gasteiger partial charge in [-0.3, -0.25) is 9.69 Å². The molecule has 0 saturated carbocycles. The van der Waals surface area contributed by atoms with Crippen molar-refractivity contribution >= 4 is 5.97 Å². The molecule has 3 unspecified atom stereocenters. The van der Waals surface area contributed by atoms with Crippen LogP contribution in [0.25, 0.3) is 0 Å². The van der Waals surface area contributed by atoms with Gasteiger partial charge in [0.15, 0.2) is 11.5 Å². The molecule has 2 aliphatic rings. The molecule has 1 N–H and O–H groups in total. The number of hydrogen-bond acceptors (Lipinski definition) is 4. The molecule has 1 aromatic carbocycles. The SMILES string of the molecule is CC1CN(C(C)c2ccc3c(c2)OCCO3)CC1C(=O)O. The third-order valence-electron chi connectivity index (χ3n) is 4.55. The van der Waals surface area contributed by atoms with E-state index in [0.29, 0.717) is 19.8 Å². The fraction of sp³-hybridized carbons (Fsp3) is 0.562. The van der Waals surface area contributed by atoms with Crippen molar-refractivity contribution < 1.29 is 19.4 Å². The van der Waals surface area contributed by atoms with Crippen molar-refractivity contribution in [3.05, 3.63) is 23.8 Å². The van der Waals surface area contributed by atoms with E-state index in [2.05, 4.69) is 11.8 Å². The number of fused-ring (bicyclic) bond motifs is 1. The number of likely N-dealkylation sites (tertiary alicyclic amines) is 1. The van der Waals surface area contributed by atoms with E-state index in [1.54, 1.807) is 0 Å². The van der Waals surface area contributed by atoms with Crippen LogP contribution in [0.15, 0.2) is 18.2 Å². The van der Waals surface area contributed by atoms with Crippen LogP contribution in [0, 0.1) is 11.8 Å². The molecule has 5 nitrogen and oxygen atoms in total. The zero-order valence-corrected chi connectivity index (χ0v) is 12.4. The predicted octanol–water partition coefficient (Wildman–Crippen LogP) is 2.17. The first kappa shape index (κ1) is 14.2. The molecule has 3 rings (SSSR count). The summed E-state index contributed by atoms with van der Waals surface area (Å²) in [6.45, 7) is 6.70. The van der Waals surface area contributed by atoms with Gasteiger partial charge in [0.05, 0.1) is 5.92 Å². The Morgan fingerprint density at radius 2 is 2.00 bits per heavy atom. The highest BCUT2D eigenvalue weighted by Crippen LogP contribution is 2.36. The van der Waals surface area contributed by atoms with Crippen LogP contribution in [-0.2, 0) is 4.79 Å². The van der Waals surface area contributed by atoms with Gasteiger partial charge in [-0.15, -0.1) is 0 Å². The Morgan fingerprint density at radius 1 is 1.29 bits per heavy atom. The summed E-state index contributed by atoms with van der Waals surface area (Å²) >= 11 is 0. The average Bonchev–Trinajstić information content (AvgIpc) is 2.88. The van der Waals surface area contributed by atoms with Crippen LogP contribution in [0.5, 0.6) is 11.5 Å². The Balaban J connectivity index is 1.76. The largest absolute Gasteiger partial charge is 0.486 e. The number of hydrogen-bond donors (Lipinski definition) is 1. The molecule has 114 valence electrons. The zero-order chi connectivity index (χ0) is 15.0. The van der Waals surface area contributed by atoms with Crippen molar-refractivity contribution in [2.45, 2.75) is 19.9 Å². The summed E-state index contributed by atoms with van der Waals surface area (Å²) < 4.78 is 11.2. The van der Waals surface area contributed by atoms with Crippen molar-refractivity contribution in [2.24, 2.45) is 11.8 Å². The number of nitrogens with zero attached hydrogens (tertiary/aromatic N) is 1. The Labute approximate surface area is 124 Å². The fourth-order valence-electron chi connectivity index (χ4n) is 3.17. The number of carboxylic acid groups (broad SMARTS) is 1. The van der Waals surface area contributed by atoms with Crippen molar-refractivity contribution in [3.63, 3.8) is 0 Å². The molecule has 0 aromatic heterocycles. The van der Waals surface area contributed by atoms with E-state index < -0.39 is 5.97 Å². The maximum Gasteiger partial charge on any atom is 0.308 e. The summed E-state index contributed by atoms with van der Waals surface area (Å²) in [6.07, 6.45) is 0. The van der Waals surface area contributed by atoms with Crippen molar-refractivity contribution in [1.82, 2.24) is 4.90 Å². The van der Waals surface area contributed by atoms with Gasteiger partial charge in [0.1, 0.15) is 13.2 Å². The molecule has 1 aromatic rings. The Morgan fingerprint density at radius 3 is 2.67 bits per heavy atom. The topological polar surface area (TPSA) is 59.0 Å². The summed E-state index contributed by atoms with van der Waals surface area (Å²) in [6, 6.07) is 6.16. The summed E-state index contributed by atoms with van der Waals surface area (Å²) in [5.41, 5.74) is 1.14. The van der Waals surface area contributed by atoms with Crippen LogP contribution < -0.4 is 9.47 Å². The minimum absolute atomic E-state index is 0.174. The normalized spacial score (nSPS) is 26.6. The van der Waals surface area contributed by atoms with E-state index in [9.17, 15) is 9.90 Å². The molecule has 0 radical (unpaired) electrons. The van der Waals surface area contributed by atoms with E-state index in [4.69, 9.17) is 9.47 Å². The Hall–Kier alpha value is -1.75. The zero-order valence-electron chi connectivity index (χ0n) is 12.4. The van der Waals surface area contributed by atoms with Gasteiger partial charge in [-0.25, -0.2) is 0 Å². The summed E-state index contributed by atoms with van der Waals surface area (Å²) in [7, 11) is 0. The number of carboxylic acids is 1. The van der Waals surface area contributed by atoms with Gasteiger partial charge in [-0.05, 0) is 30.5 Å². The quantitative estimate of drug-likeness (QED) is 0.925. The highest BCUT2D eigenvalue weighted by molar-refractivity contribution is 5.71. The van der Waals surface area contributed by atoms with Gasteiger partial charge in [-0.2, -0.15) is 0 Å². The number of rotatable bonds is 3. The molecule has 5 heteroatoms. The number of benzene rings is 1. The highest BCUT2D eigenvalue weighted by Gasteiger charge is 2.37. The van der Waals surface area contributed by atoms with E-state index >= 15 is 0 Å². The van der Waals surface area contributed by atoms with Crippen LogP contribution in [0.4, 0.5) is 0 Å². The second kappa shape index (κ2) is 5.56. The average molecular weight is 291 g/mol. The fourth-order valence-corrected chi connectivity index (χ4v) is 3.17. The number of aliphatic carboxylic acids is 1. The first-order valence-electron chi connectivity index (χ1n) is 7.42. The van der Waals surface area contributed by atoms with Crippen LogP contribution in [0.3, 0.4) is 0 Å². The standard InChI is InChI=1S/C16H21NO4/c1-10-8-17(9-13(10)16(18)19)11(2)12-3-4-14-15(7-12)21-6-5-20-14/h3-4,7,10-11,13H,5-6,8-9H2,1-2H3,(H,18,19). The third-order valence-corrected chi connectivity index (χ3v) is 4.55. The second-order valence-corrected chi connectivity index (χ2v) is 5.95. The molecule has 2 heterocycles. The minimum Gasteiger partial charge on any atom is -0.486 e. The smallest absolute Gasteiger partial charge is 0.308 e. The molecule has 2 aliphatic heterocycles. The highest BCUT2D eigenvalue weighted by atomic mass is 16.6. The molecule has 0 aliphatic carbocycles. The molecule has 0 bridgehead atoms. The summed E-state index contributed by atoms with van der Waals surface area (Å²) in [5, 5.41) is 9.25. The van der Waals surface area contributed by atoms with Gasteiger partial charge in [-0.1, -0.05) is 13.0 Å². The Bertz CT molecular complexity index is 545. The van der Waals surface area contributed by atoms with E-state index in [1.165, 1.54) is 0 Å². The van der Waals surface area contributed by atoms with Crippen LogP contribution in [0.2, 0.25) is 0 Å². The summed E-state index contributed by atoms with van der Waals surface area (Å²) in [5.74, 6) is 0.786. The summed E-state index contributed by atoms with van der Waals surface area (Å²) in [4.78, 5) is 13.5. The van der Waals surface area contributed by atoms with Crippen LogP contribution in [0.1, 0.15) is 25.5 Å². The first-order valence-corrected chi connectivity index (χ1v) is 7.42.